The van der Waals surface area contributed by atoms with Crippen molar-refractivity contribution in [2.24, 2.45) is 5.41 Å². The van der Waals surface area contributed by atoms with Crippen LogP contribution in [0.15, 0.2) is 0 Å². The first-order valence-electron chi connectivity index (χ1n) is 7.56. The van der Waals surface area contributed by atoms with Crippen LogP contribution < -0.4 is 5.32 Å². The van der Waals surface area contributed by atoms with Gasteiger partial charge in [0.05, 0.1) is 6.10 Å². The van der Waals surface area contributed by atoms with Gasteiger partial charge in [0, 0.05) is 43.2 Å². The van der Waals surface area contributed by atoms with Crippen LogP contribution in [0.3, 0.4) is 0 Å². The lowest BCUT2D eigenvalue weighted by atomic mass is 9.64. The molecule has 106 valence electrons. The van der Waals surface area contributed by atoms with E-state index in [1.807, 2.05) is 0 Å². The molecule has 2 fully saturated rings. The van der Waals surface area contributed by atoms with Crippen molar-refractivity contribution in [2.45, 2.75) is 71.7 Å². The summed E-state index contributed by atoms with van der Waals surface area (Å²) in [7, 11) is 0. The highest BCUT2D eigenvalue weighted by atomic mass is 16.5. The van der Waals surface area contributed by atoms with Gasteiger partial charge in [-0.2, -0.15) is 0 Å². The Morgan fingerprint density at radius 1 is 1.39 bits per heavy atom. The van der Waals surface area contributed by atoms with Crippen molar-refractivity contribution in [1.82, 2.24) is 10.2 Å². The maximum Gasteiger partial charge on any atom is 0.0655 e. The van der Waals surface area contributed by atoms with Crippen LogP contribution in [0.25, 0.3) is 0 Å². The molecule has 0 aromatic heterocycles. The van der Waals surface area contributed by atoms with Crippen molar-refractivity contribution in [1.29, 1.82) is 0 Å². The molecule has 2 aliphatic rings. The van der Waals surface area contributed by atoms with Gasteiger partial charge < -0.3 is 10.1 Å². The maximum absolute atomic E-state index is 5.83. The summed E-state index contributed by atoms with van der Waals surface area (Å²) in [5, 5.41) is 3.67. The smallest absolute Gasteiger partial charge is 0.0655 e. The molecule has 0 aromatic carbocycles. The van der Waals surface area contributed by atoms with Crippen LogP contribution in [0.5, 0.6) is 0 Å². The zero-order valence-electron chi connectivity index (χ0n) is 12.7. The van der Waals surface area contributed by atoms with Gasteiger partial charge in [0.2, 0.25) is 0 Å². The average molecular weight is 254 g/mol. The van der Waals surface area contributed by atoms with Crippen molar-refractivity contribution < 1.29 is 4.74 Å². The van der Waals surface area contributed by atoms with Gasteiger partial charge in [-0.25, -0.2) is 0 Å². The minimum Gasteiger partial charge on any atom is -0.378 e. The molecular weight excluding hydrogens is 224 g/mol. The fourth-order valence-corrected chi connectivity index (χ4v) is 3.65. The molecule has 3 unspecified atom stereocenters. The number of ether oxygens (including phenoxy) is 1. The monoisotopic (exact) mass is 254 g/mol. The van der Waals surface area contributed by atoms with Crippen molar-refractivity contribution in [3.05, 3.63) is 0 Å². The largest absolute Gasteiger partial charge is 0.378 e. The fraction of sp³-hybridized carbons (Fsp3) is 1.00. The van der Waals surface area contributed by atoms with E-state index in [-0.39, 0.29) is 0 Å². The molecule has 0 amide bonds. The van der Waals surface area contributed by atoms with E-state index >= 15 is 0 Å². The van der Waals surface area contributed by atoms with Gasteiger partial charge in [-0.1, -0.05) is 27.7 Å². The zero-order chi connectivity index (χ0) is 13.3. The van der Waals surface area contributed by atoms with E-state index < -0.39 is 0 Å². The summed E-state index contributed by atoms with van der Waals surface area (Å²) in [4.78, 5) is 2.68. The Bertz CT molecular complexity index is 278. The number of nitrogens with zero attached hydrogens (tertiary/aromatic N) is 1. The standard InChI is InChI=1S/C15H30N2O/c1-6-18-14-9-13(15(14,4)5)17-8-7-12(10-17)16-11(2)3/h11-14,16H,6-10H2,1-5H3. The van der Waals surface area contributed by atoms with Crippen LogP contribution in [0, 0.1) is 5.41 Å². The van der Waals surface area contributed by atoms with E-state index in [2.05, 4.69) is 44.8 Å². The van der Waals surface area contributed by atoms with Gasteiger partial charge in [-0.3, -0.25) is 4.90 Å². The molecule has 1 N–H and O–H groups in total. The van der Waals surface area contributed by atoms with Crippen molar-refractivity contribution in [3.8, 4) is 0 Å². The third kappa shape index (κ3) is 2.73. The molecular formula is C15H30N2O. The Hall–Kier alpha value is -0.120. The minimum absolute atomic E-state index is 0.322. The summed E-state index contributed by atoms with van der Waals surface area (Å²) in [6.07, 6.45) is 2.98. The van der Waals surface area contributed by atoms with Gasteiger partial charge in [-0.15, -0.1) is 0 Å². The second kappa shape index (κ2) is 5.48. The number of hydrogen-bond acceptors (Lipinski definition) is 3. The normalized spacial score (nSPS) is 36.0. The summed E-state index contributed by atoms with van der Waals surface area (Å²) in [6.45, 7) is 14.6. The van der Waals surface area contributed by atoms with Crippen LogP contribution in [-0.4, -0.2) is 48.8 Å². The first-order valence-corrected chi connectivity index (χ1v) is 7.56. The molecule has 0 aromatic rings. The highest BCUT2D eigenvalue weighted by Gasteiger charge is 2.52. The lowest BCUT2D eigenvalue weighted by Gasteiger charge is -2.55. The van der Waals surface area contributed by atoms with Gasteiger partial charge in [0.15, 0.2) is 0 Å². The molecule has 0 radical (unpaired) electrons. The molecule has 1 saturated carbocycles. The van der Waals surface area contributed by atoms with Crippen LogP contribution in [0.2, 0.25) is 0 Å². The number of likely N-dealkylation sites (tertiary alicyclic amines) is 1. The number of rotatable bonds is 5. The number of hydrogen-bond donors (Lipinski definition) is 1. The van der Waals surface area contributed by atoms with E-state index in [0.717, 1.165) is 6.61 Å². The molecule has 3 nitrogen and oxygen atoms in total. The molecule has 0 bridgehead atoms. The Balaban J connectivity index is 1.84. The van der Waals surface area contributed by atoms with Crippen LogP contribution in [-0.2, 0) is 4.74 Å². The third-order valence-corrected chi connectivity index (χ3v) is 4.72. The Kier molecular flexibility index (Phi) is 4.35. The second-order valence-electron chi connectivity index (χ2n) is 6.82. The van der Waals surface area contributed by atoms with Crippen molar-refractivity contribution in [3.63, 3.8) is 0 Å². The van der Waals surface area contributed by atoms with Gasteiger partial charge in [0.25, 0.3) is 0 Å². The summed E-state index contributed by atoms with van der Waals surface area (Å²) in [5.41, 5.74) is 0.322. The predicted octanol–water partition coefficient (Wildman–Crippen LogP) is 2.26. The first-order chi connectivity index (χ1) is 8.45. The fourth-order valence-electron chi connectivity index (χ4n) is 3.65. The topological polar surface area (TPSA) is 24.5 Å². The summed E-state index contributed by atoms with van der Waals surface area (Å²) in [5.74, 6) is 0. The maximum atomic E-state index is 5.83. The van der Waals surface area contributed by atoms with Crippen LogP contribution >= 0.6 is 0 Å². The summed E-state index contributed by atoms with van der Waals surface area (Å²) >= 11 is 0. The molecule has 2 rings (SSSR count). The quantitative estimate of drug-likeness (QED) is 0.814. The summed E-state index contributed by atoms with van der Waals surface area (Å²) in [6, 6.07) is 2.00. The molecule has 0 spiro atoms. The molecule has 3 heteroatoms. The highest BCUT2D eigenvalue weighted by Crippen LogP contribution is 2.46. The Labute approximate surface area is 112 Å². The Morgan fingerprint density at radius 2 is 2.11 bits per heavy atom. The van der Waals surface area contributed by atoms with Gasteiger partial charge in [0.1, 0.15) is 0 Å². The van der Waals surface area contributed by atoms with Crippen LogP contribution in [0.1, 0.15) is 47.5 Å². The van der Waals surface area contributed by atoms with Crippen molar-refractivity contribution in [2.75, 3.05) is 19.7 Å². The first kappa shape index (κ1) is 14.3. The average Bonchev–Trinajstić information content (AvgIpc) is 2.70. The third-order valence-electron chi connectivity index (χ3n) is 4.72. The molecule has 3 atom stereocenters. The zero-order valence-corrected chi connectivity index (χ0v) is 12.7. The lowest BCUT2D eigenvalue weighted by Crippen LogP contribution is -2.61. The Morgan fingerprint density at radius 3 is 2.67 bits per heavy atom. The van der Waals surface area contributed by atoms with Crippen molar-refractivity contribution >= 4 is 0 Å². The SMILES string of the molecule is CCOC1CC(N2CCC(NC(C)C)C2)C1(C)C. The molecule has 18 heavy (non-hydrogen) atoms. The van der Waals surface area contributed by atoms with Gasteiger partial charge in [-0.05, 0) is 19.8 Å². The lowest BCUT2D eigenvalue weighted by molar-refractivity contribution is -0.146. The second-order valence-corrected chi connectivity index (χ2v) is 6.82. The van der Waals surface area contributed by atoms with E-state index in [9.17, 15) is 0 Å². The van der Waals surface area contributed by atoms with E-state index in [1.54, 1.807) is 0 Å². The number of nitrogens with one attached hydrogen (secondary N) is 1. The van der Waals surface area contributed by atoms with E-state index in [4.69, 9.17) is 4.74 Å². The van der Waals surface area contributed by atoms with E-state index in [1.165, 1.54) is 25.9 Å². The molecule has 1 aliphatic carbocycles. The van der Waals surface area contributed by atoms with E-state index in [0.29, 0.717) is 29.6 Å². The van der Waals surface area contributed by atoms with Gasteiger partial charge >= 0.3 is 0 Å². The highest BCUT2D eigenvalue weighted by molar-refractivity contribution is 5.05. The molecule has 1 aliphatic heterocycles. The molecule has 1 heterocycles. The van der Waals surface area contributed by atoms with Crippen LogP contribution in [0.4, 0.5) is 0 Å². The minimum atomic E-state index is 0.322. The summed E-state index contributed by atoms with van der Waals surface area (Å²) < 4.78 is 5.83. The predicted molar refractivity (Wildman–Crippen MR) is 75.8 cm³/mol. The molecule has 1 saturated heterocycles.